The molecule has 2 fully saturated rings. The predicted molar refractivity (Wildman–Crippen MR) is 116 cm³/mol. The average Bonchev–Trinajstić information content (AvgIpc) is 3.21. The van der Waals surface area contributed by atoms with Crippen molar-refractivity contribution < 1.29 is 14.6 Å². The molecule has 0 saturated carbocycles. The number of nitrogens with one attached hydrogen (secondary N) is 2. The molecule has 7 nitrogen and oxygen atoms in total. The standard InChI is InChI=1S/C21H33ClN4O3/c1-23-20(25-15-21(6-10-27)7-11-29-16-21)24-14-19(26-8-12-28-13-9-26)17-2-4-18(22)5-3-17/h2-5,19,27H,6-16H2,1H3,(H2,23,24,25). The summed E-state index contributed by atoms with van der Waals surface area (Å²) < 4.78 is 11.1. The second-order valence-electron chi connectivity index (χ2n) is 7.80. The number of aliphatic hydroxyl groups is 1. The van der Waals surface area contributed by atoms with Crippen LogP contribution in [0.3, 0.4) is 0 Å². The molecule has 0 bridgehead atoms. The maximum atomic E-state index is 9.43. The van der Waals surface area contributed by atoms with Crippen LogP contribution in [0.1, 0.15) is 24.4 Å². The van der Waals surface area contributed by atoms with E-state index in [1.54, 1.807) is 7.05 Å². The molecule has 0 aliphatic carbocycles. The van der Waals surface area contributed by atoms with E-state index in [4.69, 9.17) is 21.1 Å². The third kappa shape index (κ3) is 6.30. The van der Waals surface area contributed by atoms with Gasteiger partial charge in [0.1, 0.15) is 0 Å². The fourth-order valence-electron chi connectivity index (χ4n) is 4.03. The Balaban J connectivity index is 1.61. The van der Waals surface area contributed by atoms with Crippen molar-refractivity contribution in [2.24, 2.45) is 10.4 Å². The number of hydrogen-bond acceptors (Lipinski definition) is 5. The number of hydrogen-bond donors (Lipinski definition) is 3. The van der Waals surface area contributed by atoms with Gasteiger partial charge in [0.2, 0.25) is 0 Å². The smallest absolute Gasteiger partial charge is 0.191 e. The summed E-state index contributed by atoms with van der Waals surface area (Å²) in [6, 6.07) is 8.27. The Morgan fingerprint density at radius 1 is 1.21 bits per heavy atom. The van der Waals surface area contributed by atoms with Gasteiger partial charge in [-0.1, -0.05) is 23.7 Å². The summed E-state index contributed by atoms with van der Waals surface area (Å²) in [4.78, 5) is 6.83. The van der Waals surface area contributed by atoms with Crippen LogP contribution in [0.5, 0.6) is 0 Å². The molecule has 29 heavy (non-hydrogen) atoms. The SMILES string of the molecule is CN=C(NCC(c1ccc(Cl)cc1)N1CCOCC1)NCC1(CCO)CCOC1. The normalized spacial score (nSPS) is 24.4. The summed E-state index contributed by atoms with van der Waals surface area (Å²) in [6.07, 6.45) is 1.69. The second-order valence-corrected chi connectivity index (χ2v) is 8.23. The molecule has 162 valence electrons. The van der Waals surface area contributed by atoms with Crippen molar-refractivity contribution in [1.29, 1.82) is 0 Å². The monoisotopic (exact) mass is 424 g/mol. The third-order valence-corrected chi connectivity index (χ3v) is 6.14. The third-order valence-electron chi connectivity index (χ3n) is 5.89. The van der Waals surface area contributed by atoms with Crippen LogP contribution in [-0.4, -0.2) is 82.2 Å². The van der Waals surface area contributed by atoms with E-state index >= 15 is 0 Å². The lowest BCUT2D eigenvalue weighted by Crippen LogP contribution is -2.48. The fourth-order valence-corrected chi connectivity index (χ4v) is 4.15. The Morgan fingerprint density at radius 2 is 1.97 bits per heavy atom. The van der Waals surface area contributed by atoms with Crippen molar-refractivity contribution in [3.8, 4) is 0 Å². The summed E-state index contributed by atoms with van der Waals surface area (Å²) >= 11 is 6.09. The van der Waals surface area contributed by atoms with Gasteiger partial charge < -0.3 is 25.2 Å². The number of guanidine groups is 1. The highest BCUT2D eigenvalue weighted by Gasteiger charge is 2.34. The Labute approximate surface area is 178 Å². The Hall–Kier alpha value is -1.38. The molecule has 3 rings (SSSR count). The molecule has 2 heterocycles. The van der Waals surface area contributed by atoms with Crippen molar-refractivity contribution in [2.75, 3.05) is 66.3 Å². The molecular weight excluding hydrogens is 392 g/mol. The minimum Gasteiger partial charge on any atom is -0.396 e. The van der Waals surface area contributed by atoms with Crippen LogP contribution in [0.25, 0.3) is 0 Å². The van der Waals surface area contributed by atoms with Crippen molar-refractivity contribution in [2.45, 2.75) is 18.9 Å². The number of nitrogens with zero attached hydrogens (tertiary/aromatic N) is 2. The number of benzene rings is 1. The molecule has 2 atom stereocenters. The number of morpholine rings is 1. The largest absolute Gasteiger partial charge is 0.396 e. The number of halogens is 1. The Bertz CT molecular complexity index is 644. The Morgan fingerprint density at radius 3 is 2.59 bits per heavy atom. The van der Waals surface area contributed by atoms with Crippen LogP contribution in [0.4, 0.5) is 0 Å². The van der Waals surface area contributed by atoms with Gasteiger partial charge in [-0.15, -0.1) is 0 Å². The predicted octanol–water partition coefficient (Wildman–Crippen LogP) is 1.67. The molecule has 1 aromatic carbocycles. The maximum Gasteiger partial charge on any atom is 0.191 e. The van der Waals surface area contributed by atoms with E-state index in [0.29, 0.717) is 6.61 Å². The van der Waals surface area contributed by atoms with E-state index in [1.165, 1.54) is 5.56 Å². The van der Waals surface area contributed by atoms with Gasteiger partial charge in [0.15, 0.2) is 5.96 Å². The molecule has 1 aromatic rings. The molecule has 0 radical (unpaired) electrons. The van der Waals surface area contributed by atoms with E-state index in [9.17, 15) is 5.11 Å². The molecule has 2 aliphatic heterocycles. The zero-order chi connectivity index (χ0) is 20.5. The molecule has 0 aromatic heterocycles. The van der Waals surface area contributed by atoms with Crippen LogP contribution in [-0.2, 0) is 9.47 Å². The zero-order valence-corrected chi connectivity index (χ0v) is 18.0. The van der Waals surface area contributed by atoms with Crippen LogP contribution < -0.4 is 10.6 Å². The van der Waals surface area contributed by atoms with Gasteiger partial charge in [0.05, 0.1) is 25.9 Å². The quantitative estimate of drug-likeness (QED) is 0.435. The number of aliphatic hydroxyl groups excluding tert-OH is 1. The molecule has 2 saturated heterocycles. The van der Waals surface area contributed by atoms with E-state index in [2.05, 4.69) is 32.7 Å². The summed E-state index contributed by atoms with van der Waals surface area (Å²) in [5.41, 5.74) is 1.20. The lowest BCUT2D eigenvalue weighted by Gasteiger charge is -2.35. The average molecular weight is 425 g/mol. The minimum absolute atomic E-state index is 0.0217. The molecule has 0 spiro atoms. The highest BCUT2D eigenvalue weighted by molar-refractivity contribution is 6.30. The van der Waals surface area contributed by atoms with Crippen molar-refractivity contribution in [3.63, 3.8) is 0 Å². The van der Waals surface area contributed by atoms with Gasteiger partial charge >= 0.3 is 0 Å². The van der Waals surface area contributed by atoms with Gasteiger partial charge in [-0.05, 0) is 30.5 Å². The van der Waals surface area contributed by atoms with E-state index in [-0.39, 0.29) is 18.1 Å². The first-order valence-electron chi connectivity index (χ1n) is 10.4. The maximum absolute atomic E-state index is 9.43. The number of aliphatic imine (C=N–C) groups is 1. The molecule has 3 N–H and O–H groups in total. The first kappa shape index (κ1) is 22.3. The van der Waals surface area contributed by atoms with E-state index in [0.717, 1.165) is 69.8 Å². The highest BCUT2D eigenvalue weighted by atomic mass is 35.5. The van der Waals surface area contributed by atoms with Gasteiger partial charge in [-0.3, -0.25) is 9.89 Å². The van der Waals surface area contributed by atoms with Crippen molar-refractivity contribution in [1.82, 2.24) is 15.5 Å². The molecule has 0 amide bonds. The van der Waals surface area contributed by atoms with Gasteiger partial charge in [-0.25, -0.2) is 0 Å². The summed E-state index contributed by atoms with van der Waals surface area (Å²) in [7, 11) is 1.78. The topological polar surface area (TPSA) is 78.4 Å². The molecule has 2 aliphatic rings. The second kappa shape index (κ2) is 11.1. The van der Waals surface area contributed by atoms with Gasteiger partial charge in [0.25, 0.3) is 0 Å². The first-order valence-corrected chi connectivity index (χ1v) is 10.7. The molecule has 8 heteroatoms. The first-order chi connectivity index (χ1) is 14.2. The Kier molecular flexibility index (Phi) is 8.56. The summed E-state index contributed by atoms with van der Waals surface area (Å²) in [5.74, 6) is 0.765. The van der Waals surface area contributed by atoms with Crippen LogP contribution >= 0.6 is 11.6 Å². The van der Waals surface area contributed by atoms with Gasteiger partial charge in [0, 0.05) is 56.9 Å². The van der Waals surface area contributed by atoms with Crippen molar-refractivity contribution >= 4 is 17.6 Å². The fraction of sp³-hybridized carbons (Fsp3) is 0.667. The van der Waals surface area contributed by atoms with Crippen LogP contribution in [0.2, 0.25) is 5.02 Å². The molecule has 2 unspecified atom stereocenters. The van der Waals surface area contributed by atoms with E-state index < -0.39 is 0 Å². The lowest BCUT2D eigenvalue weighted by atomic mass is 9.84. The van der Waals surface area contributed by atoms with E-state index in [1.807, 2.05) is 12.1 Å². The number of ether oxygens (including phenoxy) is 2. The summed E-state index contributed by atoms with van der Waals surface area (Å²) in [5, 5.41) is 17.1. The zero-order valence-electron chi connectivity index (χ0n) is 17.2. The van der Waals surface area contributed by atoms with Crippen LogP contribution in [0, 0.1) is 5.41 Å². The number of rotatable bonds is 8. The summed E-state index contributed by atoms with van der Waals surface area (Å²) in [6.45, 7) is 6.37. The highest BCUT2D eigenvalue weighted by Crippen LogP contribution is 2.31. The van der Waals surface area contributed by atoms with Crippen molar-refractivity contribution in [3.05, 3.63) is 34.9 Å². The molecular formula is C21H33ClN4O3. The van der Waals surface area contributed by atoms with Gasteiger partial charge in [-0.2, -0.15) is 0 Å². The van der Waals surface area contributed by atoms with Crippen LogP contribution in [0.15, 0.2) is 29.3 Å². The minimum atomic E-state index is -0.0217. The lowest BCUT2D eigenvalue weighted by molar-refractivity contribution is 0.0170.